The Morgan fingerprint density at radius 3 is 2.28 bits per heavy atom. The number of aliphatic carboxylic acids is 1. The van der Waals surface area contributed by atoms with Crippen molar-refractivity contribution in [3.05, 3.63) is 35.9 Å². The molecule has 2 atom stereocenters. The third-order valence-electron chi connectivity index (χ3n) is 6.27. The van der Waals surface area contributed by atoms with E-state index in [-0.39, 0.29) is 25.1 Å². The molecule has 10 nitrogen and oxygen atoms in total. The highest BCUT2D eigenvalue weighted by Gasteiger charge is 2.45. The second kappa shape index (κ2) is 10.3. The number of amides is 3. The van der Waals surface area contributed by atoms with Crippen LogP contribution in [0, 0.1) is 5.92 Å². The van der Waals surface area contributed by atoms with Crippen molar-refractivity contribution in [1.82, 2.24) is 14.7 Å². The first-order valence-electron chi connectivity index (χ1n) is 10.7. The SMILES string of the molecule is CN(C(=O)[C@H]1CCCN(C(=O)O)[C@H]1C(=O)O)C1CCN(C(=O)OCc2ccccc2)CC1. The zero-order valence-electron chi connectivity index (χ0n) is 18.1. The second-order valence-electron chi connectivity index (χ2n) is 8.22. The number of hydrogen-bond donors (Lipinski definition) is 2. The van der Waals surface area contributed by atoms with Gasteiger partial charge in [0.05, 0.1) is 5.92 Å². The van der Waals surface area contributed by atoms with E-state index >= 15 is 0 Å². The van der Waals surface area contributed by atoms with Crippen molar-refractivity contribution in [2.24, 2.45) is 5.92 Å². The number of piperidine rings is 2. The van der Waals surface area contributed by atoms with E-state index in [2.05, 4.69) is 0 Å². The molecular weight excluding hydrogens is 418 g/mol. The van der Waals surface area contributed by atoms with Crippen LogP contribution in [0.4, 0.5) is 9.59 Å². The molecule has 2 aliphatic rings. The maximum absolute atomic E-state index is 13.1. The third kappa shape index (κ3) is 5.30. The lowest BCUT2D eigenvalue weighted by atomic mass is 9.87. The van der Waals surface area contributed by atoms with Gasteiger partial charge in [0, 0.05) is 32.7 Å². The van der Waals surface area contributed by atoms with Gasteiger partial charge in [-0.1, -0.05) is 30.3 Å². The molecule has 2 saturated heterocycles. The number of carbonyl (C=O) groups excluding carboxylic acids is 2. The third-order valence-corrected chi connectivity index (χ3v) is 6.27. The van der Waals surface area contributed by atoms with Gasteiger partial charge in [0.15, 0.2) is 0 Å². The van der Waals surface area contributed by atoms with Crippen molar-refractivity contribution in [3.8, 4) is 0 Å². The average molecular weight is 447 g/mol. The maximum Gasteiger partial charge on any atom is 0.410 e. The summed E-state index contributed by atoms with van der Waals surface area (Å²) >= 11 is 0. The number of ether oxygens (including phenoxy) is 1. The summed E-state index contributed by atoms with van der Waals surface area (Å²) in [6.45, 7) is 1.13. The predicted octanol–water partition coefficient (Wildman–Crippen LogP) is 2.09. The van der Waals surface area contributed by atoms with Gasteiger partial charge in [-0.3, -0.25) is 9.69 Å². The van der Waals surface area contributed by atoms with Crippen molar-refractivity contribution >= 4 is 24.1 Å². The quantitative estimate of drug-likeness (QED) is 0.707. The highest BCUT2D eigenvalue weighted by Crippen LogP contribution is 2.28. The van der Waals surface area contributed by atoms with E-state index in [0.29, 0.717) is 38.8 Å². The van der Waals surface area contributed by atoms with Crippen LogP contribution in [-0.4, -0.2) is 87.7 Å². The van der Waals surface area contributed by atoms with Crippen molar-refractivity contribution in [1.29, 1.82) is 0 Å². The fraction of sp³-hybridized carbons (Fsp3) is 0.545. The molecule has 10 heteroatoms. The summed E-state index contributed by atoms with van der Waals surface area (Å²) < 4.78 is 5.36. The van der Waals surface area contributed by atoms with Crippen molar-refractivity contribution < 1.29 is 34.1 Å². The van der Waals surface area contributed by atoms with E-state index in [9.17, 15) is 29.4 Å². The van der Waals surface area contributed by atoms with Crippen LogP contribution < -0.4 is 0 Å². The zero-order valence-corrected chi connectivity index (χ0v) is 18.1. The van der Waals surface area contributed by atoms with Gasteiger partial charge in [-0.25, -0.2) is 14.4 Å². The number of likely N-dealkylation sites (tertiary alicyclic amines) is 2. The number of nitrogens with zero attached hydrogens (tertiary/aromatic N) is 3. The Morgan fingerprint density at radius 2 is 1.69 bits per heavy atom. The monoisotopic (exact) mass is 447 g/mol. The molecule has 2 fully saturated rings. The number of benzene rings is 1. The fourth-order valence-corrected chi connectivity index (χ4v) is 4.46. The second-order valence-corrected chi connectivity index (χ2v) is 8.22. The maximum atomic E-state index is 13.1. The molecule has 174 valence electrons. The first-order chi connectivity index (χ1) is 15.3. The minimum absolute atomic E-state index is 0.100. The summed E-state index contributed by atoms with van der Waals surface area (Å²) in [5.41, 5.74) is 0.900. The van der Waals surface area contributed by atoms with Crippen LogP contribution in [0.25, 0.3) is 0 Å². The smallest absolute Gasteiger partial charge is 0.410 e. The van der Waals surface area contributed by atoms with E-state index in [4.69, 9.17) is 4.74 Å². The lowest BCUT2D eigenvalue weighted by Crippen LogP contribution is -2.58. The Hall–Kier alpha value is -3.30. The van der Waals surface area contributed by atoms with Gasteiger partial charge < -0.3 is 24.7 Å². The molecule has 3 amide bonds. The van der Waals surface area contributed by atoms with Gasteiger partial charge in [0.25, 0.3) is 0 Å². The Bertz CT molecular complexity index is 839. The van der Waals surface area contributed by atoms with E-state index in [1.165, 1.54) is 4.90 Å². The van der Waals surface area contributed by atoms with Crippen molar-refractivity contribution in [3.63, 3.8) is 0 Å². The topological polar surface area (TPSA) is 128 Å². The Kier molecular flexibility index (Phi) is 7.55. The molecule has 3 rings (SSSR count). The van der Waals surface area contributed by atoms with E-state index in [1.807, 2.05) is 30.3 Å². The first-order valence-corrected chi connectivity index (χ1v) is 10.7. The summed E-state index contributed by atoms with van der Waals surface area (Å²) in [6, 6.07) is 7.85. The van der Waals surface area contributed by atoms with Crippen molar-refractivity contribution in [2.75, 3.05) is 26.7 Å². The number of carbonyl (C=O) groups is 4. The fourth-order valence-electron chi connectivity index (χ4n) is 4.46. The van der Waals surface area contributed by atoms with Gasteiger partial charge in [-0.15, -0.1) is 0 Å². The Balaban J connectivity index is 1.54. The highest BCUT2D eigenvalue weighted by atomic mass is 16.6. The van der Waals surface area contributed by atoms with Crippen LogP contribution in [0.3, 0.4) is 0 Å². The minimum atomic E-state index is -1.38. The van der Waals surface area contributed by atoms with Gasteiger partial charge >= 0.3 is 18.2 Å². The molecular formula is C22H29N3O7. The first kappa shape index (κ1) is 23.4. The zero-order chi connectivity index (χ0) is 23.3. The Morgan fingerprint density at radius 1 is 1.03 bits per heavy atom. The van der Waals surface area contributed by atoms with E-state index in [0.717, 1.165) is 10.5 Å². The molecule has 0 saturated carbocycles. The molecule has 0 unspecified atom stereocenters. The van der Waals surface area contributed by atoms with Gasteiger partial charge in [0.1, 0.15) is 12.6 Å². The van der Waals surface area contributed by atoms with Crippen LogP contribution in [0.2, 0.25) is 0 Å². The minimum Gasteiger partial charge on any atom is -0.480 e. The van der Waals surface area contributed by atoms with E-state index < -0.39 is 30.1 Å². The highest BCUT2D eigenvalue weighted by molar-refractivity contribution is 5.89. The molecule has 0 radical (unpaired) electrons. The number of carboxylic acid groups (broad SMARTS) is 2. The summed E-state index contributed by atoms with van der Waals surface area (Å²) in [6.07, 6.45) is 0.100. The van der Waals surface area contributed by atoms with Gasteiger partial charge in [0.2, 0.25) is 5.91 Å². The molecule has 0 spiro atoms. The Labute approximate surface area is 186 Å². The summed E-state index contributed by atoms with van der Waals surface area (Å²) in [5.74, 6) is -2.60. The molecule has 32 heavy (non-hydrogen) atoms. The molecule has 2 heterocycles. The number of carboxylic acids is 1. The lowest BCUT2D eigenvalue weighted by molar-refractivity contribution is -0.154. The van der Waals surface area contributed by atoms with E-state index in [1.54, 1.807) is 11.9 Å². The molecule has 1 aromatic carbocycles. The molecule has 2 N–H and O–H groups in total. The molecule has 1 aromatic rings. The number of rotatable bonds is 5. The molecule has 0 bridgehead atoms. The van der Waals surface area contributed by atoms with Crippen LogP contribution in [0.1, 0.15) is 31.2 Å². The summed E-state index contributed by atoms with van der Waals surface area (Å²) in [4.78, 5) is 52.6. The van der Waals surface area contributed by atoms with Crippen molar-refractivity contribution in [2.45, 2.75) is 44.4 Å². The lowest BCUT2D eigenvalue weighted by Gasteiger charge is -2.41. The standard InChI is InChI=1S/C22H29N3O7/c1-23(19(26)17-8-5-11-25(21(29)30)18(17)20(27)28)16-9-12-24(13-10-16)22(31)32-14-15-6-3-2-4-7-15/h2-4,6-7,16-18H,5,8-14H2,1H3,(H,27,28)(H,29,30)/t17-,18+/m0/s1. The van der Waals surface area contributed by atoms with Gasteiger partial charge in [-0.2, -0.15) is 0 Å². The van der Waals surface area contributed by atoms with Crippen LogP contribution in [0.15, 0.2) is 30.3 Å². The molecule has 0 aromatic heterocycles. The normalized spacial score (nSPS) is 21.7. The summed E-state index contributed by atoms with van der Waals surface area (Å²) in [7, 11) is 1.62. The average Bonchev–Trinajstić information content (AvgIpc) is 2.81. The molecule has 0 aliphatic carbocycles. The van der Waals surface area contributed by atoms with Crippen LogP contribution >= 0.6 is 0 Å². The van der Waals surface area contributed by atoms with Crippen LogP contribution in [-0.2, 0) is 20.9 Å². The van der Waals surface area contributed by atoms with Crippen LogP contribution in [0.5, 0.6) is 0 Å². The van der Waals surface area contributed by atoms with Gasteiger partial charge in [-0.05, 0) is 31.2 Å². The predicted molar refractivity (Wildman–Crippen MR) is 113 cm³/mol. The number of hydrogen-bond acceptors (Lipinski definition) is 5. The largest absolute Gasteiger partial charge is 0.480 e. The molecule has 2 aliphatic heterocycles. The summed E-state index contributed by atoms with van der Waals surface area (Å²) in [5, 5.41) is 18.9.